The molecule has 0 heterocycles. The lowest BCUT2D eigenvalue weighted by Crippen LogP contribution is -2.24. The number of nitrogens with one attached hydrogen (secondary N) is 1. The number of amides is 1. The molecule has 0 aromatic heterocycles. The molecule has 4 heteroatoms. The van der Waals surface area contributed by atoms with Gasteiger partial charge < -0.3 is 5.32 Å². The number of carbonyl (C=O) groups excluding carboxylic acids is 1. The van der Waals surface area contributed by atoms with Crippen molar-refractivity contribution in [3.8, 4) is 12.1 Å². The van der Waals surface area contributed by atoms with Gasteiger partial charge in [0.05, 0.1) is 17.7 Å². The molecular weight excluding hydrogens is 202 g/mol. The molecule has 0 bridgehead atoms. The third-order valence-corrected chi connectivity index (χ3v) is 2.03. The molecule has 1 aromatic carbocycles. The summed E-state index contributed by atoms with van der Waals surface area (Å²) in [6.45, 7) is 0.492. The molecule has 1 N–H and O–H groups in total. The van der Waals surface area contributed by atoms with Crippen molar-refractivity contribution in [2.75, 3.05) is 6.54 Å². The van der Waals surface area contributed by atoms with Gasteiger partial charge in [-0.25, -0.2) is 0 Å². The molecule has 4 nitrogen and oxygen atoms in total. The van der Waals surface area contributed by atoms with Crippen LogP contribution in [0, 0.1) is 22.7 Å². The van der Waals surface area contributed by atoms with Gasteiger partial charge >= 0.3 is 0 Å². The molecule has 0 aliphatic heterocycles. The minimum atomic E-state index is -0.178. The highest BCUT2D eigenvalue weighted by Gasteiger charge is 2.03. The fourth-order valence-electron chi connectivity index (χ4n) is 1.17. The van der Waals surface area contributed by atoms with Crippen molar-refractivity contribution in [3.05, 3.63) is 35.4 Å². The fourth-order valence-corrected chi connectivity index (χ4v) is 1.17. The molecular formula is C12H11N3O. The van der Waals surface area contributed by atoms with Crippen LogP contribution in [-0.4, -0.2) is 12.5 Å². The van der Waals surface area contributed by atoms with Gasteiger partial charge in [-0.05, 0) is 30.7 Å². The standard InChI is InChI=1S/C12H11N3O/c13-7-1-2-8-15-12(16)11-5-3-10(9-14)4-6-11/h3-6H,1-2,8H2,(H,15,16). The number of benzene rings is 1. The van der Waals surface area contributed by atoms with Gasteiger partial charge in [-0.3, -0.25) is 4.79 Å². The van der Waals surface area contributed by atoms with E-state index in [0.717, 1.165) is 0 Å². The maximum atomic E-state index is 11.5. The van der Waals surface area contributed by atoms with E-state index >= 15 is 0 Å². The van der Waals surface area contributed by atoms with Crippen molar-refractivity contribution in [1.82, 2.24) is 5.32 Å². The zero-order valence-electron chi connectivity index (χ0n) is 8.73. The van der Waals surface area contributed by atoms with Crippen molar-refractivity contribution < 1.29 is 4.79 Å². The van der Waals surface area contributed by atoms with E-state index in [1.807, 2.05) is 12.1 Å². The van der Waals surface area contributed by atoms with Crippen LogP contribution in [0.3, 0.4) is 0 Å². The van der Waals surface area contributed by atoms with Crippen LogP contribution in [0.1, 0.15) is 28.8 Å². The minimum absolute atomic E-state index is 0.178. The molecule has 0 spiro atoms. The van der Waals surface area contributed by atoms with E-state index in [0.29, 0.717) is 30.5 Å². The molecule has 1 aromatic rings. The summed E-state index contributed by atoms with van der Waals surface area (Å²) in [5.74, 6) is -0.178. The summed E-state index contributed by atoms with van der Waals surface area (Å²) in [5, 5.41) is 19.6. The summed E-state index contributed by atoms with van der Waals surface area (Å²) in [4.78, 5) is 11.5. The van der Waals surface area contributed by atoms with Crippen LogP contribution in [-0.2, 0) is 0 Å². The van der Waals surface area contributed by atoms with E-state index in [-0.39, 0.29) is 5.91 Å². The van der Waals surface area contributed by atoms with Crippen molar-refractivity contribution in [2.45, 2.75) is 12.8 Å². The van der Waals surface area contributed by atoms with E-state index in [1.54, 1.807) is 24.3 Å². The summed E-state index contributed by atoms with van der Waals surface area (Å²) < 4.78 is 0. The molecule has 80 valence electrons. The van der Waals surface area contributed by atoms with E-state index in [9.17, 15) is 4.79 Å². The highest BCUT2D eigenvalue weighted by molar-refractivity contribution is 5.94. The van der Waals surface area contributed by atoms with Crippen molar-refractivity contribution in [1.29, 1.82) is 10.5 Å². The molecule has 0 saturated heterocycles. The van der Waals surface area contributed by atoms with E-state index in [2.05, 4.69) is 5.32 Å². The lowest BCUT2D eigenvalue weighted by atomic mass is 10.1. The number of hydrogen-bond acceptors (Lipinski definition) is 3. The van der Waals surface area contributed by atoms with Crippen LogP contribution in [0.15, 0.2) is 24.3 Å². The molecule has 0 aliphatic rings. The van der Waals surface area contributed by atoms with Crippen molar-refractivity contribution >= 4 is 5.91 Å². The van der Waals surface area contributed by atoms with E-state index in [1.165, 1.54) is 0 Å². The Morgan fingerprint density at radius 3 is 2.50 bits per heavy atom. The first kappa shape index (κ1) is 11.7. The van der Waals surface area contributed by atoms with Crippen LogP contribution in [0.2, 0.25) is 0 Å². The first-order chi connectivity index (χ1) is 7.77. The lowest BCUT2D eigenvalue weighted by molar-refractivity contribution is 0.0953. The summed E-state index contributed by atoms with van der Waals surface area (Å²) >= 11 is 0. The molecule has 0 unspecified atom stereocenters. The van der Waals surface area contributed by atoms with Gasteiger partial charge in [0.15, 0.2) is 0 Å². The summed E-state index contributed by atoms with van der Waals surface area (Å²) in [6.07, 6.45) is 1.09. The van der Waals surface area contributed by atoms with Gasteiger partial charge in [0.25, 0.3) is 5.91 Å². The predicted molar refractivity (Wildman–Crippen MR) is 58.3 cm³/mol. The van der Waals surface area contributed by atoms with Crippen LogP contribution in [0.25, 0.3) is 0 Å². The highest BCUT2D eigenvalue weighted by Crippen LogP contribution is 2.03. The number of rotatable bonds is 4. The van der Waals surface area contributed by atoms with E-state index < -0.39 is 0 Å². The van der Waals surface area contributed by atoms with Crippen molar-refractivity contribution in [3.63, 3.8) is 0 Å². The third kappa shape index (κ3) is 3.43. The van der Waals surface area contributed by atoms with Gasteiger partial charge in [0.1, 0.15) is 0 Å². The zero-order chi connectivity index (χ0) is 11.8. The smallest absolute Gasteiger partial charge is 0.251 e. The molecule has 1 rings (SSSR count). The Labute approximate surface area is 94.1 Å². The molecule has 0 saturated carbocycles. The summed E-state index contributed by atoms with van der Waals surface area (Å²) in [7, 11) is 0. The molecule has 0 radical (unpaired) electrons. The maximum absolute atomic E-state index is 11.5. The molecule has 16 heavy (non-hydrogen) atoms. The molecule has 0 atom stereocenters. The Balaban J connectivity index is 2.48. The number of nitriles is 2. The summed E-state index contributed by atoms with van der Waals surface area (Å²) in [5.41, 5.74) is 1.05. The van der Waals surface area contributed by atoms with Gasteiger partial charge in [-0.1, -0.05) is 0 Å². The third-order valence-electron chi connectivity index (χ3n) is 2.03. The monoisotopic (exact) mass is 213 g/mol. The molecule has 0 aliphatic carbocycles. The number of nitrogens with zero attached hydrogens (tertiary/aromatic N) is 2. The molecule has 0 fully saturated rings. The average Bonchev–Trinajstić information content (AvgIpc) is 2.34. The quantitative estimate of drug-likeness (QED) is 0.771. The van der Waals surface area contributed by atoms with E-state index in [4.69, 9.17) is 10.5 Å². The maximum Gasteiger partial charge on any atom is 0.251 e. The SMILES string of the molecule is N#CCCCNC(=O)c1ccc(C#N)cc1. The Kier molecular flexibility index (Phi) is 4.56. The topological polar surface area (TPSA) is 76.7 Å². The Hall–Kier alpha value is -2.33. The predicted octanol–water partition coefficient (Wildman–Crippen LogP) is 1.59. The van der Waals surface area contributed by atoms with Gasteiger partial charge in [0.2, 0.25) is 0 Å². The second-order valence-corrected chi connectivity index (χ2v) is 3.21. The van der Waals surface area contributed by atoms with Crippen LogP contribution in [0.5, 0.6) is 0 Å². The zero-order valence-corrected chi connectivity index (χ0v) is 8.73. The van der Waals surface area contributed by atoms with Crippen molar-refractivity contribution in [2.24, 2.45) is 0 Å². The van der Waals surface area contributed by atoms with Gasteiger partial charge in [-0.2, -0.15) is 10.5 Å². The Morgan fingerprint density at radius 1 is 1.25 bits per heavy atom. The second-order valence-electron chi connectivity index (χ2n) is 3.21. The first-order valence-electron chi connectivity index (χ1n) is 4.93. The number of unbranched alkanes of at least 4 members (excludes halogenated alkanes) is 1. The van der Waals surface area contributed by atoms with Crippen LogP contribution in [0.4, 0.5) is 0 Å². The van der Waals surface area contributed by atoms with Crippen LogP contribution < -0.4 is 5.32 Å². The second kappa shape index (κ2) is 6.21. The largest absolute Gasteiger partial charge is 0.352 e. The Morgan fingerprint density at radius 2 is 1.94 bits per heavy atom. The normalized spacial score (nSPS) is 8.88. The number of hydrogen-bond donors (Lipinski definition) is 1. The first-order valence-corrected chi connectivity index (χ1v) is 4.93. The lowest BCUT2D eigenvalue weighted by Gasteiger charge is -2.03. The average molecular weight is 213 g/mol. The Bertz CT molecular complexity index is 437. The minimum Gasteiger partial charge on any atom is -0.352 e. The van der Waals surface area contributed by atoms with Gasteiger partial charge in [0, 0.05) is 18.5 Å². The van der Waals surface area contributed by atoms with Gasteiger partial charge in [-0.15, -0.1) is 0 Å². The fraction of sp³-hybridized carbons (Fsp3) is 0.250. The molecule has 1 amide bonds. The highest BCUT2D eigenvalue weighted by atomic mass is 16.1. The summed E-state index contributed by atoms with van der Waals surface area (Å²) in [6, 6.07) is 10.4. The van der Waals surface area contributed by atoms with Crippen LogP contribution >= 0.6 is 0 Å². The number of carbonyl (C=O) groups is 1.